The van der Waals surface area contributed by atoms with Crippen LogP contribution in [0, 0.1) is 17.2 Å². The molecule has 0 radical (unpaired) electrons. The van der Waals surface area contributed by atoms with Gasteiger partial charge in [0.15, 0.2) is 0 Å². The fourth-order valence-corrected chi connectivity index (χ4v) is 4.11. The lowest BCUT2D eigenvalue weighted by atomic mass is 9.85. The average molecular weight is 382 g/mol. The number of hydrogen-bond acceptors (Lipinski definition) is 4. The molecule has 2 aliphatic rings. The van der Waals surface area contributed by atoms with Crippen LogP contribution in [0.4, 0.5) is 4.79 Å². The first-order valence-corrected chi connectivity index (χ1v) is 9.77. The molecule has 4 amide bonds. The maximum Gasteiger partial charge on any atom is 0.327 e. The highest BCUT2D eigenvalue weighted by molar-refractivity contribution is 6.07. The molecule has 2 aliphatic heterocycles. The van der Waals surface area contributed by atoms with Crippen LogP contribution >= 0.6 is 0 Å². The number of likely N-dealkylation sites (N-methyl/N-ethyl adjacent to an activating group) is 1. The summed E-state index contributed by atoms with van der Waals surface area (Å²) in [6.07, 6.45) is 0.894. The summed E-state index contributed by atoms with van der Waals surface area (Å²) in [6.45, 7) is 7.61. The number of carbonyl (C=O) groups is 3. The van der Waals surface area contributed by atoms with E-state index < -0.39 is 5.54 Å². The van der Waals surface area contributed by atoms with Crippen molar-refractivity contribution in [3.63, 3.8) is 0 Å². The number of amides is 4. The third-order valence-corrected chi connectivity index (χ3v) is 5.62. The Morgan fingerprint density at radius 2 is 1.79 bits per heavy atom. The number of rotatable bonds is 4. The van der Waals surface area contributed by atoms with Crippen molar-refractivity contribution < 1.29 is 14.4 Å². The van der Waals surface area contributed by atoms with E-state index >= 15 is 0 Å². The van der Waals surface area contributed by atoms with E-state index in [9.17, 15) is 14.4 Å². The van der Waals surface area contributed by atoms with E-state index in [1.807, 2.05) is 26.8 Å². The minimum Gasteiger partial charge on any atom is -0.338 e. The van der Waals surface area contributed by atoms with Crippen LogP contribution in [-0.4, -0.2) is 64.3 Å². The summed E-state index contributed by atoms with van der Waals surface area (Å²) in [5.41, 5.74) is 0.199. The molecule has 7 nitrogen and oxygen atoms in total. The predicted octanol–water partition coefficient (Wildman–Crippen LogP) is 2.47. The number of likely N-dealkylation sites (tertiary alicyclic amines) is 1. The smallest absolute Gasteiger partial charge is 0.327 e. The van der Waals surface area contributed by atoms with Crippen molar-refractivity contribution in [3.8, 4) is 6.07 Å². The van der Waals surface area contributed by atoms with Crippen LogP contribution in [-0.2, 0) is 4.79 Å². The predicted molar refractivity (Wildman–Crippen MR) is 103 cm³/mol. The van der Waals surface area contributed by atoms with Crippen molar-refractivity contribution in [2.75, 3.05) is 26.2 Å². The number of hydrogen-bond donors (Lipinski definition) is 0. The molecular weight excluding hydrogens is 356 g/mol. The van der Waals surface area contributed by atoms with Crippen LogP contribution in [0.2, 0.25) is 0 Å². The van der Waals surface area contributed by atoms with Crippen LogP contribution in [0.15, 0.2) is 24.3 Å². The Balaban J connectivity index is 1.78. The van der Waals surface area contributed by atoms with Gasteiger partial charge in [0.2, 0.25) is 0 Å². The Morgan fingerprint density at radius 3 is 2.29 bits per heavy atom. The van der Waals surface area contributed by atoms with Gasteiger partial charge >= 0.3 is 6.03 Å². The summed E-state index contributed by atoms with van der Waals surface area (Å²) in [5, 5.41) is 8.90. The third kappa shape index (κ3) is 3.24. The maximum absolute atomic E-state index is 13.1. The highest BCUT2D eigenvalue weighted by Gasteiger charge is 2.57. The van der Waals surface area contributed by atoms with Gasteiger partial charge in [0.25, 0.3) is 11.8 Å². The molecule has 1 spiro atoms. The maximum atomic E-state index is 13.1. The van der Waals surface area contributed by atoms with Crippen molar-refractivity contribution in [2.24, 2.45) is 5.92 Å². The SMILES string of the molecule is CCN1C(=O)N(CC(C)C)C2(CCN(C(=O)c3ccc(C#N)cc3)CC2)C1=O. The van der Waals surface area contributed by atoms with Crippen molar-refractivity contribution >= 4 is 17.8 Å². The topological polar surface area (TPSA) is 84.7 Å². The Labute approximate surface area is 165 Å². The molecule has 0 N–H and O–H groups in total. The summed E-state index contributed by atoms with van der Waals surface area (Å²) in [5.74, 6) is 0.00809. The molecule has 0 saturated carbocycles. The Bertz CT molecular complexity index is 817. The van der Waals surface area contributed by atoms with E-state index in [0.29, 0.717) is 50.1 Å². The molecule has 148 valence electrons. The number of nitrogens with zero attached hydrogens (tertiary/aromatic N) is 4. The highest BCUT2D eigenvalue weighted by Crippen LogP contribution is 2.38. The minimum absolute atomic E-state index is 0.112. The molecule has 1 aromatic rings. The fourth-order valence-electron chi connectivity index (χ4n) is 4.11. The number of benzene rings is 1. The minimum atomic E-state index is -0.835. The number of urea groups is 1. The third-order valence-electron chi connectivity index (χ3n) is 5.62. The quantitative estimate of drug-likeness (QED) is 0.749. The molecule has 0 aromatic heterocycles. The van der Waals surface area contributed by atoms with Crippen LogP contribution < -0.4 is 0 Å². The summed E-state index contributed by atoms with van der Waals surface area (Å²) in [4.78, 5) is 43.4. The molecule has 3 rings (SSSR count). The van der Waals surface area contributed by atoms with Crippen LogP contribution in [0.1, 0.15) is 49.5 Å². The first-order valence-electron chi connectivity index (χ1n) is 9.77. The van der Waals surface area contributed by atoms with Gasteiger partial charge in [-0.2, -0.15) is 5.26 Å². The van der Waals surface area contributed by atoms with Gasteiger partial charge in [-0.15, -0.1) is 0 Å². The first kappa shape index (κ1) is 19.9. The number of nitriles is 1. The van der Waals surface area contributed by atoms with Crippen molar-refractivity contribution in [3.05, 3.63) is 35.4 Å². The fraction of sp³-hybridized carbons (Fsp3) is 0.524. The molecule has 0 aliphatic carbocycles. The lowest BCUT2D eigenvalue weighted by molar-refractivity contribution is -0.135. The van der Waals surface area contributed by atoms with Gasteiger partial charge in [-0.25, -0.2) is 4.79 Å². The zero-order chi connectivity index (χ0) is 20.5. The van der Waals surface area contributed by atoms with Gasteiger partial charge in [0.05, 0.1) is 11.6 Å². The Hall–Kier alpha value is -2.88. The second kappa shape index (κ2) is 7.63. The zero-order valence-corrected chi connectivity index (χ0v) is 16.6. The molecule has 7 heteroatoms. The monoisotopic (exact) mass is 382 g/mol. The summed E-state index contributed by atoms with van der Waals surface area (Å²) in [6, 6.07) is 8.38. The normalized spacial score (nSPS) is 18.9. The molecular formula is C21H26N4O3. The summed E-state index contributed by atoms with van der Waals surface area (Å²) in [7, 11) is 0. The number of carbonyl (C=O) groups excluding carboxylic acids is 3. The van der Waals surface area contributed by atoms with E-state index in [1.165, 1.54) is 4.90 Å². The van der Waals surface area contributed by atoms with Gasteiger partial charge in [0.1, 0.15) is 5.54 Å². The summed E-state index contributed by atoms with van der Waals surface area (Å²) >= 11 is 0. The second-order valence-electron chi connectivity index (χ2n) is 7.85. The van der Waals surface area contributed by atoms with E-state index in [0.717, 1.165) is 0 Å². The standard InChI is InChI=1S/C21H26N4O3/c1-4-24-19(27)21(25(20(24)28)14-15(2)3)9-11-23(12-10-21)18(26)17-7-5-16(13-22)6-8-17/h5-8,15H,4,9-12,14H2,1-3H3. The van der Waals surface area contributed by atoms with E-state index in [4.69, 9.17) is 5.26 Å². The second-order valence-corrected chi connectivity index (χ2v) is 7.85. The highest BCUT2D eigenvalue weighted by atomic mass is 16.2. The van der Waals surface area contributed by atoms with Gasteiger partial charge in [-0.1, -0.05) is 13.8 Å². The molecule has 1 aromatic carbocycles. The molecule has 0 bridgehead atoms. The number of imide groups is 1. The van der Waals surface area contributed by atoms with Crippen LogP contribution in [0.25, 0.3) is 0 Å². The molecule has 2 heterocycles. The lowest BCUT2D eigenvalue weighted by Crippen LogP contribution is -2.58. The molecule has 28 heavy (non-hydrogen) atoms. The van der Waals surface area contributed by atoms with E-state index in [1.54, 1.807) is 34.1 Å². The molecule has 2 saturated heterocycles. The number of piperidine rings is 1. The summed E-state index contributed by atoms with van der Waals surface area (Å²) < 4.78 is 0. The Morgan fingerprint density at radius 1 is 1.18 bits per heavy atom. The molecule has 0 atom stereocenters. The van der Waals surface area contributed by atoms with Gasteiger partial charge in [-0.05, 0) is 49.9 Å². The molecule has 0 unspecified atom stereocenters. The van der Waals surface area contributed by atoms with Gasteiger partial charge < -0.3 is 9.80 Å². The van der Waals surface area contributed by atoms with Crippen LogP contribution in [0.3, 0.4) is 0 Å². The first-order chi connectivity index (χ1) is 13.3. The zero-order valence-electron chi connectivity index (χ0n) is 16.6. The van der Waals surface area contributed by atoms with E-state index in [2.05, 4.69) is 0 Å². The van der Waals surface area contributed by atoms with Crippen molar-refractivity contribution in [2.45, 2.75) is 39.2 Å². The van der Waals surface area contributed by atoms with Crippen molar-refractivity contribution in [1.82, 2.24) is 14.7 Å². The molecule has 2 fully saturated rings. The van der Waals surface area contributed by atoms with Crippen LogP contribution in [0.5, 0.6) is 0 Å². The van der Waals surface area contributed by atoms with E-state index in [-0.39, 0.29) is 23.8 Å². The van der Waals surface area contributed by atoms with Gasteiger partial charge in [-0.3, -0.25) is 14.5 Å². The largest absolute Gasteiger partial charge is 0.338 e. The average Bonchev–Trinajstić information content (AvgIpc) is 2.89. The van der Waals surface area contributed by atoms with Gasteiger partial charge in [0, 0.05) is 31.7 Å². The van der Waals surface area contributed by atoms with Crippen molar-refractivity contribution in [1.29, 1.82) is 5.26 Å². The Kier molecular flexibility index (Phi) is 5.41. The lowest BCUT2D eigenvalue weighted by Gasteiger charge is -2.42.